The van der Waals surface area contributed by atoms with Crippen molar-refractivity contribution in [1.82, 2.24) is 19.5 Å². The Morgan fingerprint density at radius 2 is 2.20 bits per heavy atom. The van der Waals surface area contributed by atoms with Gasteiger partial charge in [0.15, 0.2) is 5.82 Å². The maximum Gasteiger partial charge on any atom is 0.160 e. The quantitative estimate of drug-likeness (QED) is 0.840. The molecule has 0 saturated carbocycles. The molecule has 0 atom stereocenters. The molecular weight excluding hydrogens is 214 g/mol. The van der Waals surface area contributed by atoms with E-state index in [4.69, 9.17) is 17.3 Å². The first kappa shape index (κ1) is 9.92. The third-order valence-corrected chi connectivity index (χ3v) is 2.46. The molecule has 0 spiro atoms. The minimum atomic E-state index is 0.271. The molecule has 15 heavy (non-hydrogen) atoms. The van der Waals surface area contributed by atoms with E-state index in [-0.39, 0.29) is 5.82 Å². The number of nitrogen functional groups attached to an aromatic ring is 1. The maximum absolute atomic E-state index is 6.01. The van der Waals surface area contributed by atoms with E-state index in [1.807, 2.05) is 17.7 Å². The normalized spacial score (nSPS) is 10.5. The van der Waals surface area contributed by atoms with E-state index in [2.05, 4.69) is 15.0 Å². The second-order valence-electron chi connectivity index (χ2n) is 2.96. The molecule has 0 radical (unpaired) electrons. The summed E-state index contributed by atoms with van der Waals surface area (Å²) in [5.74, 6) is 0.976. The number of anilines is 1. The van der Waals surface area contributed by atoms with E-state index in [0.29, 0.717) is 16.5 Å². The van der Waals surface area contributed by atoms with E-state index >= 15 is 0 Å². The zero-order chi connectivity index (χ0) is 10.8. The van der Waals surface area contributed by atoms with Gasteiger partial charge in [0.2, 0.25) is 0 Å². The highest BCUT2D eigenvalue weighted by Crippen LogP contribution is 2.27. The van der Waals surface area contributed by atoms with Crippen LogP contribution in [0.2, 0.25) is 5.02 Å². The molecule has 0 aliphatic heterocycles. The van der Waals surface area contributed by atoms with Gasteiger partial charge in [0.05, 0.1) is 0 Å². The molecule has 0 amide bonds. The zero-order valence-corrected chi connectivity index (χ0v) is 8.94. The predicted octanol–water partition coefficient (Wildman–Crippen LogP) is 1.60. The first-order chi connectivity index (χ1) is 7.24. The SMILES string of the molecule is CCn1ccnc1-c1ncnc(N)c1Cl. The van der Waals surface area contributed by atoms with Crippen LogP contribution in [0.15, 0.2) is 18.7 Å². The Hall–Kier alpha value is -1.62. The third kappa shape index (κ3) is 1.66. The van der Waals surface area contributed by atoms with Gasteiger partial charge in [-0.2, -0.15) is 0 Å². The van der Waals surface area contributed by atoms with Crippen LogP contribution in [-0.4, -0.2) is 19.5 Å². The maximum atomic E-state index is 6.01. The Kier molecular flexibility index (Phi) is 2.55. The number of nitrogens with zero attached hydrogens (tertiary/aromatic N) is 4. The lowest BCUT2D eigenvalue weighted by Gasteiger charge is -2.06. The van der Waals surface area contributed by atoms with Crippen molar-refractivity contribution < 1.29 is 0 Å². The summed E-state index contributed by atoms with van der Waals surface area (Å²) >= 11 is 6.01. The molecule has 2 rings (SSSR count). The van der Waals surface area contributed by atoms with E-state index in [9.17, 15) is 0 Å². The average Bonchev–Trinajstić information content (AvgIpc) is 2.70. The van der Waals surface area contributed by atoms with Gasteiger partial charge in [-0.1, -0.05) is 11.6 Å². The topological polar surface area (TPSA) is 69.6 Å². The summed E-state index contributed by atoms with van der Waals surface area (Å²) in [5.41, 5.74) is 6.16. The molecule has 0 aliphatic carbocycles. The fourth-order valence-electron chi connectivity index (χ4n) is 1.32. The number of halogens is 1. The molecule has 0 fully saturated rings. The molecule has 0 saturated heterocycles. The minimum Gasteiger partial charge on any atom is -0.382 e. The van der Waals surface area contributed by atoms with Crippen molar-refractivity contribution in [3.8, 4) is 11.5 Å². The number of rotatable bonds is 2. The van der Waals surface area contributed by atoms with Crippen LogP contribution >= 0.6 is 11.6 Å². The van der Waals surface area contributed by atoms with Crippen molar-refractivity contribution in [2.45, 2.75) is 13.5 Å². The highest BCUT2D eigenvalue weighted by molar-refractivity contribution is 6.35. The Morgan fingerprint density at radius 1 is 1.40 bits per heavy atom. The first-order valence-corrected chi connectivity index (χ1v) is 4.89. The third-order valence-electron chi connectivity index (χ3n) is 2.08. The van der Waals surface area contributed by atoms with Gasteiger partial charge < -0.3 is 10.3 Å². The molecule has 2 aromatic rings. The van der Waals surface area contributed by atoms with Crippen molar-refractivity contribution >= 4 is 17.4 Å². The number of nitrogens with two attached hydrogens (primary N) is 1. The fraction of sp³-hybridized carbons (Fsp3) is 0.222. The van der Waals surface area contributed by atoms with Crippen LogP contribution in [-0.2, 0) is 6.54 Å². The standard InChI is InChI=1S/C9H10ClN5/c1-2-15-4-3-12-9(15)7-6(10)8(11)14-5-13-7/h3-5H,2H2,1H3,(H2,11,13,14). The number of aromatic nitrogens is 4. The summed E-state index contributed by atoms with van der Waals surface area (Å²) in [6.45, 7) is 2.82. The van der Waals surface area contributed by atoms with E-state index in [1.165, 1.54) is 6.33 Å². The number of hydrogen-bond acceptors (Lipinski definition) is 4. The highest BCUT2D eigenvalue weighted by atomic mass is 35.5. The second-order valence-corrected chi connectivity index (χ2v) is 3.34. The summed E-state index contributed by atoms with van der Waals surface area (Å²) in [6, 6.07) is 0. The van der Waals surface area contributed by atoms with Crippen LogP contribution in [0.3, 0.4) is 0 Å². The summed E-state index contributed by atoms with van der Waals surface area (Å²) in [6.07, 6.45) is 4.95. The molecular formula is C9H10ClN5. The smallest absolute Gasteiger partial charge is 0.160 e. The monoisotopic (exact) mass is 223 g/mol. The van der Waals surface area contributed by atoms with Crippen LogP contribution in [0.5, 0.6) is 0 Å². The Labute approximate surface area is 91.9 Å². The van der Waals surface area contributed by atoms with Gasteiger partial charge in [0, 0.05) is 18.9 Å². The lowest BCUT2D eigenvalue weighted by atomic mass is 10.3. The Bertz CT molecular complexity index is 479. The van der Waals surface area contributed by atoms with E-state index < -0.39 is 0 Å². The molecule has 6 heteroatoms. The summed E-state index contributed by atoms with van der Waals surface area (Å²) in [5, 5.41) is 0.346. The van der Waals surface area contributed by atoms with Crippen LogP contribution in [0.1, 0.15) is 6.92 Å². The van der Waals surface area contributed by atoms with Gasteiger partial charge >= 0.3 is 0 Å². The van der Waals surface area contributed by atoms with E-state index in [1.54, 1.807) is 6.20 Å². The number of hydrogen-bond donors (Lipinski definition) is 1. The first-order valence-electron chi connectivity index (χ1n) is 4.51. The molecule has 0 unspecified atom stereocenters. The molecule has 2 N–H and O–H groups in total. The number of aryl methyl sites for hydroxylation is 1. The lowest BCUT2D eigenvalue weighted by Crippen LogP contribution is -2.01. The minimum absolute atomic E-state index is 0.271. The van der Waals surface area contributed by atoms with Gasteiger partial charge in [-0.15, -0.1) is 0 Å². The Morgan fingerprint density at radius 3 is 2.93 bits per heavy atom. The van der Waals surface area contributed by atoms with Crippen LogP contribution in [0.4, 0.5) is 5.82 Å². The van der Waals surface area contributed by atoms with Gasteiger partial charge in [-0.05, 0) is 6.92 Å². The van der Waals surface area contributed by atoms with E-state index in [0.717, 1.165) is 6.54 Å². The average molecular weight is 224 g/mol. The van der Waals surface area contributed by atoms with Crippen molar-refractivity contribution in [3.05, 3.63) is 23.7 Å². The van der Waals surface area contributed by atoms with Crippen molar-refractivity contribution in [1.29, 1.82) is 0 Å². The molecule has 2 heterocycles. The van der Waals surface area contributed by atoms with Gasteiger partial charge in [-0.3, -0.25) is 0 Å². The predicted molar refractivity (Wildman–Crippen MR) is 58.3 cm³/mol. The Balaban J connectivity index is 2.59. The molecule has 5 nitrogen and oxygen atoms in total. The largest absolute Gasteiger partial charge is 0.382 e. The lowest BCUT2D eigenvalue weighted by molar-refractivity contribution is 0.767. The number of imidazole rings is 1. The van der Waals surface area contributed by atoms with Crippen molar-refractivity contribution in [2.24, 2.45) is 0 Å². The molecule has 0 aliphatic rings. The van der Waals surface area contributed by atoms with Gasteiger partial charge in [-0.25, -0.2) is 15.0 Å². The second kappa shape index (κ2) is 3.86. The highest BCUT2D eigenvalue weighted by Gasteiger charge is 2.13. The van der Waals surface area contributed by atoms with Crippen LogP contribution in [0.25, 0.3) is 11.5 Å². The molecule has 78 valence electrons. The summed E-state index contributed by atoms with van der Waals surface area (Å²) < 4.78 is 1.94. The van der Waals surface area contributed by atoms with Crippen molar-refractivity contribution in [3.63, 3.8) is 0 Å². The van der Waals surface area contributed by atoms with Crippen LogP contribution in [0, 0.1) is 0 Å². The van der Waals surface area contributed by atoms with Gasteiger partial charge in [0.25, 0.3) is 0 Å². The molecule has 0 aromatic carbocycles. The molecule has 2 aromatic heterocycles. The zero-order valence-electron chi connectivity index (χ0n) is 8.18. The van der Waals surface area contributed by atoms with Crippen molar-refractivity contribution in [2.75, 3.05) is 5.73 Å². The van der Waals surface area contributed by atoms with Crippen LogP contribution < -0.4 is 5.73 Å². The van der Waals surface area contributed by atoms with Gasteiger partial charge in [0.1, 0.15) is 22.9 Å². The molecule has 0 bridgehead atoms. The summed E-state index contributed by atoms with van der Waals surface area (Å²) in [7, 11) is 0. The fourth-order valence-corrected chi connectivity index (χ4v) is 1.50. The summed E-state index contributed by atoms with van der Waals surface area (Å²) in [4.78, 5) is 12.1.